The Labute approximate surface area is 144 Å². The maximum atomic E-state index is 12.6. The van der Waals surface area contributed by atoms with Crippen LogP contribution in [0.4, 0.5) is 0 Å². The second-order valence-electron chi connectivity index (χ2n) is 7.22. The van der Waals surface area contributed by atoms with E-state index in [0.29, 0.717) is 5.69 Å². The Bertz CT molecular complexity index is 531. The number of aromatic nitrogens is 2. The van der Waals surface area contributed by atoms with Gasteiger partial charge in [0.2, 0.25) is 0 Å². The Hall–Kier alpha value is -1.40. The van der Waals surface area contributed by atoms with E-state index in [-0.39, 0.29) is 11.3 Å². The highest BCUT2D eigenvalue weighted by Gasteiger charge is 2.35. The van der Waals surface area contributed by atoms with Crippen molar-refractivity contribution in [3.8, 4) is 0 Å². The van der Waals surface area contributed by atoms with Crippen molar-refractivity contribution in [3.05, 3.63) is 18.0 Å². The second-order valence-corrected chi connectivity index (χ2v) is 7.22. The van der Waals surface area contributed by atoms with E-state index in [1.807, 2.05) is 6.07 Å². The number of nitrogens with zero attached hydrogens (tertiary/aromatic N) is 3. The first-order chi connectivity index (χ1) is 11.7. The highest BCUT2D eigenvalue weighted by Crippen LogP contribution is 2.32. The molecule has 0 aliphatic carbocycles. The van der Waals surface area contributed by atoms with Crippen LogP contribution in [0.3, 0.4) is 0 Å². The largest absolute Gasteiger partial charge is 0.381 e. The molecule has 0 unspecified atom stereocenters. The smallest absolute Gasteiger partial charge is 0.269 e. The average molecular weight is 334 g/mol. The fourth-order valence-electron chi connectivity index (χ4n) is 3.88. The van der Waals surface area contributed by atoms with Gasteiger partial charge in [0.25, 0.3) is 5.91 Å². The van der Waals surface area contributed by atoms with Gasteiger partial charge in [0.1, 0.15) is 5.69 Å². The van der Waals surface area contributed by atoms with Gasteiger partial charge in [0.05, 0.1) is 0 Å². The average Bonchev–Trinajstić information content (AvgIpc) is 3.26. The van der Waals surface area contributed by atoms with Gasteiger partial charge >= 0.3 is 0 Å². The van der Waals surface area contributed by atoms with E-state index in [2.05, 4.69) is 22.2 Å². The molecule has 2 saturated heterocycles. The van der Waals surface area contributed by atoms with Gasteiger partial charge in [0.15, 0.2) is 0 Å². The van der Waals surface area contributed by atoms with Crippen molar-refractivity contribution in [2.24, 2.45) is 5.41 Å². The second kappa shape index (κ2) is 8.12. The maximum absolute atomic E-state index is 12.6. The minimum Gasteiger partial charge on any atom is -0.381 e. The predicted octanol–water partition coefficient (Wildman–Crippen LogP) is 1.92. The minimum absolute atomic E-state index is 0.00626. The summed E-state index contributed by atoms with van der Waals surface area (Å²) in [7, 11) is 0. The van der Waals surface area contributed by atoms with Crippen molar-refractivity contribution in [1.29, 1.82) is 0 Å². The molecular formula is C18H30N4O2. The normalized spacial score (nSPS) is 21.0. The summed E-state index contributed by atoms with van der Waals surface area (Å²) in [5.74, 6) is -0.00626. The number of rotatable bonds is 7. The first kappa shape index (κ1) is 17.4. The van der Waals surface area contributed by atoms with Gasteiger partial charge in [0, 0.05) is 44.5 Å². The van der Waals surface area contributed by atoms with E-state index in [1.54, 1.807) is 10.9 Å². The topological polar surface area (TPSA) is 59.4 Å². The minimum atomic E-state index is -0.00626. The van der Waals surface area contributed by atoms with Gasteiger partial charge in [-0.2, -0.15) is 5.10 Å². The molecule has 0 spiro atoms. The molecule has 6 heteroatoms. The molecule has 3 rings (SSSR count). The summed E-state index contributed by atoms with van der Waals surface area (Å²) in [6, 6.07) is 1.81. The van der Waals surface area contributed by atoms with Crippen LogP contribution in [0.15, 0.2) is 12.3 Å². The monoisotopic (exact) mass is 334 g/mol. The number of amides is 1. The molecule has 0 saturated carbocycles. The molecule has 6 nitrogen and oxygen atoms in total. The lowest BCUT2D eigenvalue weighted by Crippen LogP contribution is -2.48. The molecule has 134 valence electrons. The Morgan fingerprint density at radius 3 is 2.79 bits per heavy atom. The predicted molar refractivity (Wildman–Crippen MR) is 93.0 cm³/mol. The number of nitrogens with one attached hydrogen (secondary N) is 1. The molecule has 2 aliphatic heterocycles. The molecule has 0 bridgehead atoms. The van der Waals surface area contributed by atoms with Gasteiger partial charge in [-0.25, -0.2) is 0 Å². The highest BCUT2D eigenvalue weighted by molar-refractivity contribution is 5.92. The highest BCUT2D eigenvalue weighted by atomic mass is 16.5. The molecular weight excluding hydrogens is 304 g/mol. The molecule has 1 amide bonds. The third-order valence-electron chi connectivity index (χ3n) is 5.32. The number of aryl methyl sites for hydroxylation is 1. The van der Waals surface area contributed by atoms with Crippen molar-refractivity contribution < 1.29 is 9.53 Å². The Kier molecular flexibility index (Phi) is 5.89. The molecule has 3 heterocycles. The van der Waals surface area contributed by atoms with Gasteiger partial charge in [-0.15, -0.1) is 0 Å². The Morgan fingerprint density at radius 2 is 2.08 bits per heavy atom. The Morgan fingerprint density at radius 1 is 1.33 bits per heavy atom. The zero-order valence-corrected chi connectivity index (χ0v) is 14.8. The first-order valence-electron chi connectivity index (χ1n) is 9.33. The van der Waals surface area contributed by atoms with Gasteiger partial charge in [-0.05, 0) is 51.3 Å². The van der Waals surface area contributed by atoms with E-state index in [9.17, 15) is 4.79 Å². The van der Waals surface area contributed by atoms with E-state index in [1.165, 1.54) is 25.9 Å². The standard InChI is InChI=1S/C18H30N4O2/c1-2-9-22-16(5-8-20-22)17(23)19-14-18(6-12-24-13-7-18)15-21-10-3-4-11-21/h5,8H,2-4,6-7,9-15H2,1H3,(H,19,23). The molecule has 1 aromatic rings. The summed E-state index contributed by atoms with van der Waals surface area (Å²) < 4.78 is 7.37. The van der Waals surface area contributed by atoms with E-state index in [4.69, 9.17) is 4.74 Å². The number of likely N-dealkylation sites (tertiary alicyclic amines) is 1. The van der Waals surface area contributed by atoms with Crippen LogP contribution in [0.5, 0.6) is 0 Å². The van der Waals surface area contributed by atoms with Crippen LogP contribution in [0, 0.1) is 5.41 Å². The number of ether oxygens (including phenoxy) is 1. The van der Waals surface area contributed by atoms with Crippen LogP contribution in [0.25, 0.3) is 0 Å². The molecule has 24 heavy (non-hydrogen) atoms. The zero-order chi connectivity index (χ0) is 16.8. The fourth-order valence-corrected chi connectivity index (χ4v) is 3.88. The quantitative estimate of drug-likeness (QED) is 0.827. The fraction of sp³-hybridized carbons (Fsp3) is 0.778. The molecule has 0 aromatic carbocycles. The number of hydrogen-bond acceptors (Lipinski definition) is 4. The SMILES string of the molecule is CCCn1nccc1C(=O)NCC1(CN2CCCC2)CCOCC1. The van der Waals surface area contributed by atoms with Crippen molar-refractivity contribution in [2.45, 2.75) is 45.6 Å². The van der Waals surface area contributed by atoms with E-state index in [0.717, 1.165) is 52.1 Å². The van der Waals surface area contributed by atoms with Crippen LogP contribution in [-0.4, -0.2) is 60.0 Å². The zero-order valence-electron chi connectivity index (χ0n) is 14.8. The lowest BCUT2D eigenvalue weighted by molar-refractivity contribution is -0.000681. The Balaban J connectivity index is 1.62. The van der Waals surface area contributed by atoms with Crippen molar-refractivity contribution in [3.63, 3.8) is 0 Å². The number of carbonyl (C=O) groups is 1. The van der Waals surface area contributed by atoms with Crippen molar-refractivity contribution >= 4 is 5.91 Å². The summed E-state index contributed by atoms with van der Waals surface area (Å²) in [5, 5.41) is 7.44. The van der Waals surface area contributed by atoms with Gasteiger partial charge in [-0.1, -0.05) is 6.92 Å². The molecule has 0 atom stereocenters. The van der Waals surface area contributed by atoms with Crippen molar-refractivity contribution in [2.75, 3.05) is 39.4 Å². The lowest BCUT2D eigenvalue weighted by atomic mass is 9.79. The van der Waals surface area contributed by atoms with Crippen LogP contribution in [0.2, 0.25) is 0 Å². The lowest BCUT2D eigenvalue weighted by Gasteiger charge is -2.40. The summed E-state index contributed by atoms with van der Waals surface area (Å²) in [4.78, 5) is 15.2. The summed E-state index contributed by atoms with van der Waals surface area (Å²) >= 11 is 0. The number of carbonyl (C=O) groups excluding carboxylic acids is 1. The third-order valence-corrected chi connectivity index (χ3v) is 5.32. The van der Waals surface area contributed by atoms with E-state index < -0.39 is 0 Å². The third kappa shape index (κ3) is 4.16. The van der Waals surface area contributed by atoms with Gasteiger partial charge < -0.3 is 15.0 Å². The van der Waals surface area contributed by atoms with Gasteiger partial charge in [-0.3, -0.25) is 9.48 Å². The molecule has 2 aliphatic rings. The molecule has 0 radical (unpaired) electrons. The number of hydrogen-bond donors (Lipinski definition) is 1. The first-order valence-corrected chi connectivity index (χ1v) is 9.33. The summed E-state index contributed by atoms with van der Waals surface area (Å²) in [5.41, 5.74) is 0.814. The molecule has 1 N–H and O–H groups in total. The molecule has 2 fully saturated rings. The van der Waals surface area contributed by atoms with Crippen LogP contribution in [0.1, 0.15) is 49.5 Å². The maximum Gasteiger partial charge on any atom is 0.269 e. The van der Waals surface area contributed by atoms with Crippen molar-refractivity contribution in [1.82, 2.24) is 20.0 Å². The molecule has 1 aromatic heterocycles. The van der Waals surface area contributed by atoms with E-state index >= 15 is 0 Å². The van der Waals surface area contributed by atoms with Crippen LogP contribution in [-0.2, 0) is 11.3 Å². The summed E-state index contributed by atoms with van der Waals surface area (Å²) in [6.07, 6.45) is 7.33. The van der Waals surface area contributed by atoms with Crippen LogP contribution >= 0.6 is 0 Å². The van der Waals surface area contributed by atoms with Crippen LogP contribution < -0.4 is 5.32 Å². The summed E-state index contributed by atoms with van der Waals surface area (Å²) in [6.45, 7) is 8.67.